The molecule has 0 fully saturated rings. The number of nitrogens with zero attached hydrogens (tertiary/aromatic N) is 1. The van der Waals surface area contributed by atoms with Crippen LogP contribution in [0, 0.1) is 6.92 Å². The molecule has 0 unspecified atom stereocenters. The van der Waals surface area contributed by atoms with Crippen LogP contribution in [0.25, 0.3) is 0 Å². The van der Waals surface area contributed by atoms with Gasteiger partial charge in [-0.15, -0.1) is 23.5 Å². The number of hydrogen-bond donors (Lipinski definition) is 1. The predicted molar refractivity (Wildman–Crippen MR) is 153 cm³/mol. The number of rotatable bonds is 8. The highest BCUT2D eigenvalue weighted by molar-refractivity contribution is 8.00. The molecule has 5 rings (SSSR count). The maximum atomic E-state index is 13.2. The van der Waals surface area contributed by atoms with Gasteiger partial charge in [0.05, 0.1) is 22.6 Å². The molecule has 0 bridgehead atoms. The first kappa shape index (κ1) is 25.6. The summed E-state index contributed by atoms with van der Waals surface area (Å²) in [6, 6.07) is 27.3. The minimum atomic E-state index is -0.376. The maximum Gasteiger partial charge on any atom is 0.266 e. The average Bonchev–Trinajstić information content (AvgIpc) is 3.18. The first-order valence-corrected chi connectivity index (χ1v) is 14.1. The lowest BCUT2D eigenvalue weighted by atomic mass is 10.1. The summed E-state index contributed by atoms with van der Waals surface area (Å²) < 4.78 is 5.95. The lowest BCUT2D eigenvalue weighted by Crippen LogP contribution is -2.29. The Morgan fingerprint density at radius 2 is 1.53 bits per heavy atom. The summed E-state index contributed by atoms with van der Waals surface area (Å²) in [5.41, 5.74) is 3.06. The van der Waals surface area contributed by atoms with Crippen molar-refractivity contribution >= 4 is 52.6 Å². The summed E-state index contributed by atoms with van der Waals surface area (Å²) in [6.07, 6.45) is 1.91. The number of thioether (sulfide) groups is 2. The molecule has 0 saturated carbocycles. The first-order chi connectivity index (χ1) is 18.4. The highest BCUT2D eigenvalue weighted by Gasteiger charge is 2.38. The molecular formula is C30H24N2O4S2. The van der Waals surface area contributed by atoms with Crippen LogP contribution in [-0.2, 0) is 4.79 Å². The Balaban J connectivity index is 1.23. The topological polar surface area (TPSA) is 75.7 Å². The Labute approximate surface area is 229 Å². The maximum absolute atomic E-state index is 13.2. The average molecular weight is 541 g/mol. The van der Waals surface area contributed by atoms with E-state index >= 15 is 0 Å². The van der Waals surface area contributed by atoms with Gasteiger partial charge in [-0.05, 0) is 79.9 Å². The molecule has 1 aliphatic heterocycles. The summed E-state index contributed by atoms with van der Waals surface area (Å²) in [6.45, 7) is 2.03. The molecule has 1 aliphatic rings. The van der Waals surface area contributed by atoms with E-state index in [0.29, 0.717) is 39.8 Å². The van der Waals surface area contributed by atoms with Gasteiger partial charge < -0.3 is 10.1 Å². The lowest BCUT2D eigenvalue weighted by molar-refractivity contribution is -0.113. The van der Waals surface area contributed by atoms with Crippen LogP contribution in [-0.4, -0.2) is 29.7 Å². The Morgan fingerprint density at radius 3 is 2.26 bits per heavy atom. The lowest BCUT2D eigenvalue weighted by Gasteiger charge is -2.16. The van der Waals surface area contributed by atoms with E-state index in [-0.39, 0.29) is 17.7 Å². The molecule has 0 aromatic heterocycles. The Morgan fingerprint density at radius 1 is 0.842 bits per heavy atom. The third-order valence-corrected chi connectivity index (χ3v) is 7.75. The van der Waals surface area contributed by atoms with Crippen LogP contribution in [0.1, 0.15) is 26.3 Å². The van der Waals surface area contributed by atoms with Crippen molar-refractivity contribution in [3.63, 3.8) is 0 Å². The number of imide groups is 1. The van der Waals surface area contributed by atoms with Crippen molar-refractivity contribution in [2.24, 2.45) is 0 Å². The fourth-order valence-corrected chi connectivity index (χ4v) is 5.32. The van der Waals surface area contributed by atoms with E-state index in [1.54, 1.807) is 48.5 Å². The molecule has 0 saturated heterocycles. The summed E-state index contributed by atoms with van der Waals surface area (Å²) in [4.78, 5) is 41.7. The van der Waals surface area contributed by atoms with Gasteiger partial charge in [-0.3, -0.25) is 14.4 Å². The van der Waals surface area contributed by atoms with Gasteiger partial charge in [0.2, 0.25) is 5.91 Å². The number of carbonyl (C=O) groups excluding carboxylic acids is 3. The summed E-state index contributed by atoms with van der Waals surface area (Å²) >= 11 is 2.96. The molecule has 0 aliphatic carbocycles. The number of para-hydroxylation sites is 1. The van der Waals surface area contributed by atoms with Crippen molar-refractivity contribution in [2.45, 2.75) is 16.7 Å². The highest BCUT2D eigenvalue weighted by atomic mass is 32.2. The molecule has 4 aromatic rings. The van der Waals surface area contributed by atoms with E-state index in [1.807, 2.05) is 55.6 Å². The highest BCUT2D eigenvalue weighted by Crippen LogP contribution is 2.36. The zero-order chi connectivity index (χ0) is 26.6. The number of ether oxygens (including phenoxy) is 1. The quantitative estimate of drug-likeness (QED) is 0.191. The van der Waals surface area contributed by atoms with Crippen molar-refractivity contribution in [3.05, 3.63) is 108 Å². The third kappa shape index (κ3) is 5.46. The molecule has 1 N–H and O–H groups in total. The van der Waals surface area contributed by atoms with Gasteiger partial charge in [-0.2, -0.15) is 0 Å². The second-order valence-corrected chi connectivity index (χ2v) is 10.5. The SMILES string of the molecule is CSc1ccccc1N1C(=O)c2ccc(Oc3ccc(NC(=O)CSc4ccc(C)cc4)cc3)cc2C1=O. The number of amides is 3. The first-order valence-electron chi connectivity index (χ1n) is 11.9. The van der Waals surface area contributed by atoms with Crippen LogP contribution < -0.4 is 15.0 Å². The normalized spacial score (nSPS) is 12.4. The minimum Gasteiger partial charge on any atom is -0.457 e. The summed E-state index contributed by atoms with van der Waals surface area (Å²) in [5, 5.41) is 2.88. The molecular weight excluding hydrogens is 516 g/mol. The van der Waals surface area contributed by atoms with E-state index in [4.69, 9.17) is 4.74 Å². The van der Waals surface area contributed by atoms with Gasteiger partial charge in [0, 0.05) is 15.5 Å². The van der Waals surface area contributed by atoms with E-state index in [0.717, 1.165) is 9.79 Å². The monoisotopic (exact) mass is 540 g/mol. The molecule has 3 amide bonds. The molecule has 6 nitrogen and oxygen atoms in total. The fraction of sp³-hybridized carbons (Fsp3) is 0.100. The van der Waals surface area contributed by atoms with Crippen LogP contribution >= 0.6 is 23.5 Å². The zero-order valence-corrected chi connectivity index (χ0v) is 22.4. The minimum absolute atomic E-state index is 0.0985. The van der Waals surface area contributed by atoms with Crippen molar-refractivity contribution in [3.8, 4) is 11.5 Å². The number of hydrogen-bond acceptors (Lipinski definition) is 6. The van der Waals surface area contributed by atoms with E-state index in [2.05, 4.69) is 5.32 Å². The van der Waals surface area contributed by atoms with Gasteiger partial charge in [0.15, 0.2) is 0 Å². The van der Waals surface area contributed by atoms with Crippen molar-refractivity contribution in [1.29, 1.82) is 0 Å². The van der Waals surface area contributed by atoms with Gasteiger partial charge in [-0.25, -0.2) is 4.90 Å². The van der Waals surface area contributed by atoms with Crippen LogP contribution in [0.2, 0.25) is 0 Å². The fourth-order valence-electron chi connectivity index (χ4n) is 4.04. The number of nitrogens with one attached hydrogen (secondary N) is 1. The molecule has 0 atom stereocenters. The summed E-state index contributed by atoms with van der Waals surface area (Å²) in [7, 11) is 0. The van der Waals surface area contributed by atoms with Crippen LogP contribution in [0.15, 0.2) is 101 Å². The van der Waals surface area contributed by atoms with E-state index in [9.17, 15) is 14.4 Å². The van der Waals surface area contributed by atoms with E-state index in [1.165, 1.54) is 34.0 Å². The van der Waals surface area contributed by atoms with Gasteiger partial charge in [-0.1, -0.05) is 29.8 Å². The smallest absolute Gasteiger partial charge is 0.266 e. The number of aryl methyl sites for hydroxylation is 1. The van der Waals surface area contributed by atoms with Crippen molar-refractivity contribution in [1.82, 2.24) is 0 Å². The molecule has 0 spiro atoms. The molecule has 38 heavy (non-hydrogen) atoms. The standard InChI is InChI=1S/C30H24N2O4S2/c1-19-7-14-23(15-8-19)38-18-28(33)31-20-9-11-21(12-10-20)36-22-13-16-24-25(17-22)30(35)32(29(24)34)26-5-3-4-6-27(26)37-2/h3-17H,18H2,1-2H3,(H,31,33). The second kappa shape index (κ2) is 11.2. The van der Waals surface area contributed by atoms with E-state index < -0.39 is 0 Å². The number of anilines is 2. The number of carbonyl (C=O) groups is 3. The molecule has 190 valence electrons. The third-order valence-electron chi connectivity index (χ3n) is 5.95. The Bertz CT molecular complexity index is 1520. The number of benzene rings is 4. The van der Waals surface area contributed by atoms with Crippen molar-refractivity contribution in [2.75, 3.05) is 22.2 Å². The molecule has 4 aromatic carbocycles. The van der Waals surface area contributed by atoms with Crippen LogP contribution in [0.5, 0.6) is 11.5 Å². The van der Waals surface area contributed by atoms with Crippen molar-refractivity contribution < 1.29 is 19.1 Å². The summed E-state index contributed by atoms with van der Waals surface area (Å²) in [5.74, 6) is 0.465. The van der Waals surface area contributed by atoms with Crippen LogP contribution in [0.4, 0.5) is 11.4 Å². The van der Waals surface area contributed by atoms with Gasteiger partial charge >= 0.3 is 0 Å². The van der Waals surface area contributed by atoms with Gasteiger partial charge in [0.25, 0.3) is 11.8 Å². The zero-order valence-electron chi connectivity index (χ0n) is 20.8. The predicted octanol–water partition coefficient (Wildman–Crippen LogP) is 7.04. The Hall–Kier alpha value is -4.01. The van der Waals surface area contributed by atoms with Gasteiger partial charge in [0.1, 0.15) is 11.5 Å². The second-order valence-electron chi connectivity index (χ2n) is 8.60. The van der Waals surface area contributed by atoms with Crippen LogP contribution in [0.3, 0.4) is 0 Å². The molecule has 0 radical (unpaired) electrons. The largest absolute Gasteiger partial charge is 0.457 e. The number of fused-ring (bicyclic) bond motifs is 1. The molecule has 8 heteroatoms. The molecule has 1 heterocycles. The Kier molecular flexibility index (Phi) is 7.53.